The number of aliphatic hydroxyl groups is 1. The minimum atomic E-state index is -1.08. The third kappa shape index (κ3) is 4.30. The van der Waals surface area contributed by atoms with Gasteiger partial charge in [-0.15, -0.1) is 0 Å². The van der Waals surface area contributed by atoms with E-state index in [1.165, 1.54) is 18.2 Å². The van der Waals surface area contributed by atoms with Gasteiger partial charge >= 0.3 is 0 Å². The summed E-state index contributed by atoms with van der Waals surface area (Å²) in [5.41, 5.74) is 1.65. The van der Waals surface area contributed by atoms with Crippen molar-refractivity contribution in [2.24, 2.45) is 0 Å². The third-order valence-corrected chi connectivity index (χ3v) is 3.63. The van der Waals surface area contributed by atoms with E-state index in [-0.39, 0.29) is 12.3 Å². The smallest absolute Gasteiger partial charge is 0.227 e. The molecule has 1 atom stereocenters. The number of nitrogens with zero attached hydrogens (tertiary/aromatic N) is 1. The average Bonchev–Trinajstić information content (AvgIpc) is 3.01. The van der Waals surface area contributed by atoms with E-state index >= 15 is 0 Å². The fraction of sp³-hybridized carbons (Fsp3) is 0.158. The highest BCUT2D eigenvalue weighted by atomic mass is 19.1. The normalized spacial score (nSPS) is 12.0. The molecule has 128 valence electrons. The number of amides is 1. The second-order valence-electron chi connectivity index (χ2n) is 5.68. The molecular formula is C19H17FN2O3. The number of oxazole rings is 1. The first-order valence-corrected chi connectivity index (χ1v) is 7.77. The molecular weight excluding hydrogens is 323 g/mol. The lowest BCUT2D eigenvalue weighted by molar-refractivity contribution is -0.118. The van der Waals surface area contributed by atoms with Crippen LogP contribution in [0.1, 0.15) is 23.8 Å². The molecule has 3 rings (SSSR count). The summed E-state index contributed by atoms with van der Waals surface area (Å²) >= 11 is 0. The summed E-state index contributed by atoms with van der Waals surface area (Å²) in [6.45, 7) is 1.80. The van der Waals surface area contributed by atoms with Crippen LogP contribution >= 0.6 is 0 Å². The Morgan fingerprint density at radius 3 is 2.80 bits per heavy atom. The van der Waals surface area contributed by atoms with Gasteiger partial charge in [-0.3, -0.25) is 4.79 Å². The van der Waals surface area contributed by atoms with E-state index in [0.29, 0.717) is 22.9 Å². The molecule has 6 heteroatoms. The lowest BCUT2D eigenvalue weighted by Gasteiger charge is -2.12. The number of hydrogen-bond acceptors (Lipinski definition) is 4. The van der Waals surface area contributed by atoms with Gasteiger partial charge in [0.1, 0.15) is 11.6 Å². The van der Waals surface area contributed by atoms with Crippen molar-refractivity contribution in [1.29, 1.82) is 0 Å². The largest absolute Gasteiger partial charge is 0.441 e. The lowest BCUT2D eigenvalue weighted by atomic mass is 10.1. The molecule has 2 aromatic carbocycles. The monoisotopic (exact) mass is 340 g/mol. The Morgan fingerprint density at radius 2 is 2.08 bits per heavy atom. The number of benzene rings is 2. The van der Waals surface area contributed by atoms with Gasteiger partial charge in [0.05, 0.1) is 18.7 Å². The number of aromatic nitrogens is 1. The van der Waals surface area contributed by atoms with Crippen molar-refractivity contribution < 1.29 is 18.7 Å². The zero-order chi connectivity index (χ0) is 17.8. The first kappa shape index (κ1) is 16.9. The summed E-state index contributed by atoms with van der Waals surface area (Å²) < 4.78 is 18.7. The van der Waals surface area contributed by atoms with Crippen LogP contribution in [0.3, 0.4) is 0 Å². The van der Waals surface area contributed by atoms with E-state index in [9.17, 15) is 14.3 Å². The number of carbonyl (C=O) groups is 1. The van der Waals surface area contributed by atoms with Crippen LogP contribution in [0, 0.1) is 12.7 Å². The molecule has 0 fully saturated rings. The summed E-state index contributed by atoms with van der Waals surface area (Å²) in [6.07, 6.45) is 0.370. The highest BCUT2D eigenvalue weighted by Gasteiger charge is 2.14. The van der Waals surface area contributed by atoms with E-state index in [4.69, 9.17) is 4.42 Å². The van der Waals surface area contributed by atoms with Crippen LogP contribution in [0.15, 0.2) is 59.1 Å². The molecule has 1 amide bonds. The van der Waals surface area contributed by atoms with Crippen molar-refractivity contribution in [3.8, 4) is 11.5 Å². The maximum Gasteiger partial charge on any atom is 0.227 e. The molecule has 0 spiro atoms. The van der Waals surface area contributed by atoms with Gasteiger partial charge in [-0.25, -0.2) is 9.37 Å². The maximum absolute atomic E-state index is 13.2. The quantitative estimate of drug-likeness (QED) is 0.740. The molecule has 0 aliphatic rings. The standard InChI is InChI=1S/C19H17FN2O3/c1-12-11-21-19(25-12)14-5-3-7-16(9-14)22-18(24)10-17(23)13-4-2-6-15(20)8-13/h2-9,11,17,23H,10H2,1H3,(H,22,24). The number of nitrogens with one attached hydrogen (secondary N) is 1. The predicted molar refractivity (Wildman–Crippen MR) is 91.3 cm³/mol. The SMILES string of the molecule is Cc1cnc(-c2cccc(NC(=O)CC(O)c3cccc(F)c3)c2)o1. The molecule has 1 aromatic heterocycles. The van der Waals surface area contributed by atoms with Crippen LogP contribution < -0.4 is 5.32 Å². The lowest BCUT2D eigenvalue weighted by Crippen LogP contribution is -2.15. The summed E-state index contributed by atoms with van der Waals surface area (Å²) in [5, 5.41) is 12.8. The number of anilines is 1. The number of halogens is 1. The topological polar surface area (TPSA) is 75.4 Å². The fourth-order valence-corrected chi connectivity index (χ4v) is 2.44. The van der Waals surface area contributed by atoms with Crippen molar-refractivity contribution in [1.82, 2.24) is 4.98 Å². The van der Waals surface area contributed by atoms with Crippen LogP contribution in [0.25, 0.3) is 11.5 Å². The van der Waals surface area contributed by atoms with Crippen molar-refractivity contribution in [3.05, 3.63) is 71.9 Å². The van der Waals surface area contributed by atoms with Crippen LogP contribution in [0.4, 0.5) is 10.1 Å². The van der Waals surface area contributed by atoms with Gasteiger partial charge in [-0.05, 0) is 42.8 Å². The summed E-state index contributed by atoms with van der Waals surface area (Å²) in [7, 11) is 0. The Hall–Kier alpha value is -2.99. The molecule has 2 N–H and O–H groups in total. The molecule has 0 saturated carbocycles. The van der Waals surface area contributed by atoms with Crippen LogP contribution in [-0.4, -0.2) is 16.0 Å². The van der Waals surface area contributed by atoms with Crippen molar-refractivity contribution >= 4 is 11.6 Å². The number of aliphatic hydroxyl groups excluding tert-OH is 1. The van der Waals surface area contributed by atoms with Gasteiger partial charge in [-0.1, -0.05) is 18.2 Å². The molecule has 0 saturated heterocycles. The maximum atomic E-state index is 13.2. The minimum Gasteiger partial charge on any atom is -0.441 e. The molecule has 0 radical (unpaired) electrons. The Kier molecular flexibility index (Phi) is 4.90. The minimum absolute atomic E-state index is 0.175. The molecule has 5 nitrogen and oxygen atoms in total. The fourth-order valence-electron chi connectivity index (χ4n) is 2.44. The zero-order valence-corrected chi connectivity index (χ0v) is 13.6. The van der Waals surface area contributed by atoms with E-state index in [1.807, 2.05) is 6.07 Å². The summed E-state index contributed by atoms with van der Waals surface area (Å²) in [4.78, 5) is 16.3. The van der Waals surface area contributed by atoms with E-state index in [0.717, 1.165) is 5.56 Å². The summed E-state index contributed by atoms with van der Waals surface area (Å²) in [6, 6.07) is 12.6. The Bertz CT molecular complexity index is 892. The Balaban J connectivity index is 1.67. The van der Waals surface area contributed by atoms with Crippen LogP contribution in [0.2, 0.25) is 0 Å². The molecule has 0 aliphatic heterocycles. The number of hydrogen-bond donors (Lipinski definition) is 2. The summed E-state index contributed by atoms with van der Waals surface area (Å²) in [5.74, 6) is 0.333. The predicted octanol–water partition coefficient (Wildman–Crippen LogP) is 3.85. The van der Waals surface area contributed by atoms with Crippen molar-refractivity contribution in [2.45, 2.75) is 19.4 Å². The number of carbonyl (C=O) groups excluding carboxylic acids is 1. The number of rotatable bonds is 5. The average molecular weight is 340 g/mol. The third-order valence-electron chi connectivity index (χ3n) is 3.63. The van der Waals surface area contributed by atoms with Gasteiger partial charge in [0.2, 0.25) is 11.8 Å². The molecule has 1 heterocycles. The Morgan fingerprint density at radius 1 is 1.28 bits per heavy atom. The van der Waals surface area contributed by atoms with Gasteiger partial charge in [0, 0.05) is 11.3 Å². The van der Waals surface area contributed by atoms with E-state index in [1.54, 1.807) is 37.4 Å². The van der Waals surface area contributed by atoms with Gasteiger partial charge < -0.3 is 14.8 Å². The zero-order valence-electron chi connectivity index (χ0n) is 13.6. The first-order chi connectivity index (χ1) is 12.0. The van der Waals surface area contributed by atoms with Crippen LogP contribution in [0.5, 0.6) is 0 Å². The van der Waals surface area contributed by atoms with E-state index < -0.39 is 11.9 Å². The first-order valence-electron chi connectivity index (χ1n) is 7.77. The molecule has 0 aliphatic carbocycles. The highest BCUT2D eigenvalue weighted by Crippen LogP contribution is 2.23. The second-order valence-corrected chi connectivity index (χ2v) is 5.68. The van der Waals surface area contributed by atoms with Crippen molar-refractivity contribution in [3.63, 3.8) is 0 Å². The van der Waals surface area contributed by atoms with Crippen LogP contribution in [-0.2, 0) is 4.79 Å². The molecule has 1 unspecified atom stereocenters. The Labute approximate surface area is 144 Å². The molecule has 0 bridgehead atoms. The van der Waals surface area contributed by atoms with Crippen molar-refractivity contribution in [2.75, 3.05) is 5.32 Å². The molecule has 25 heavy (non-hydrogen) atoms. The molecule has 3 aromatic rings. The highest BCUT2D eigenvalue weighted by molar-refractivity contribution is 5.91. The van der Waals surface area contributed by atoms with Gasteiger partial charge in [0.25, 0.3) is 0 Å². The number of aryl methyl sites for hydroxylation is 1. The van der Waals surface area contributed by atoms with E-state index in [2.05, 4.69) is 10.3 Å². The van der Waals surface area contributed by atoms with Gasteiger partial charge in [0.15, 0.2) is 0 Å². The second kappa shape index (κ2) is 7.27. The van der Waals surface area contributed by atoms with Gasteiger partial charge in [-0.2, -0.15) is 0 Å².